The lowest BCUT2D eigenvalue weighted by Gasteiger charge is -2.20. The first-order chi connectivity index (χ1) is 14.0. The maximum absolute atomic E-state index is 10.5. The molecule has 6 nitrogen and oxygen atoms in total. The summed E-state index contributed by atoms with van der Waals surface area (Å²) < 4.78 is 16.1. The zero-order valence-electron chi connectivity index (χ0n) is 15.7. The van der Waals surface area contributed by atoms with Crippen LogP contribution in [0.4, 0.5) is 0 Å². The third-order valence-electron chi connectivity index (χ3n) is 4.91. The van der Waals surface area contributed by atoms with Crippen LogP contribution in [-0.2, 0) is 27.5 Å². The van der Waals surface area contributed by atoms with Gasteiger partial charge in [0.1, 0.15) is 12.3 Å². The lowest BCUT2D eigenvalue weighted by atomic mass is 9.98. The van der Waals surface area contributed by atoms with Crippen LogP contribution in [0.2, 0.25) is 0 Å². The maximum Gasteiger partial charge on any atom is 0.324 e. The summed E-state index contributed by atoms with van der Waals surface area (Å²) in [6.45, 7) is -3.53. The fourth-order valence-corrected chi connectivity index (χ4v) is 4.57. The van der Waals surface area contributed by atoms with Crippen molar-refractivity contribution in [1.29, 1.82) is 0 Å². The molecule has 0 bridgehead atoms. The Kier molecular flexibility index (Phi) is 5.67. The SMILES string of the molecule is COc1ccnc(COP(O)(=S)OCC2c3ccccc3-c3ccccc32)c1O. The highest BCUT2D eigenvalue weighted by atomic mass is 32.5. The first-order valence-corrected chi connectivity index (χ1v) is 11.6. The Morgan fingerprint density at radius 1 is 1.00 bits per heavy atom. The Hall–Kier alpha value is -2.28. The first-order valence-electron chi connectivity index (χ1n) is 9.01. The van der Waals surface area contributed by atoms with Crippen LogP contribution < -0.4 is 4.74 Å². The molecule has 1 aromatic heterocycles. The normalized spacial score (nSPS) is 14.8. The molecule has 1 atom stereocenters. The van der Waals surface area contributed by atoms with Gasteiger partial charge in [0.05, 0.1) is 13.7 Å². The molecule has 2 aromatic carbocycles. The summed E-state index contributed by atoms with van der Waals surface area (Å²) >= 11 is 5.16. The molecule has 1 heterocycles. The summed E-state index contributed by atoms with van der Waals surface area (Å²) in [6, 6.07) is 17.8. The van der Waals surface area contributed by atoms with Gasteiger partial charge in [-0.1, -0.05) is 48.5 Å². The number of fused-ring (bicyclic) bond motifs is 3. The second-order valence-electron chi connectivity index (χ2n) is 6.57. The number of ether oxygens (including phenoxy) is 1. The first kappa shape index (κ1) is 20.0. The van der Waals surface area contributed by atoms with Crippen molar-refractivity contribution in [1.82, 2.24) is 4.98 Å². The highest BCUT2D eigenvalue weighted by Crippen LogP contribution is 2.50. The van der Waals surface area contributed by atoms with E-state index in [4.69, 9.17) is 25.6 Å². The van der Waals surface area contributed by atoms with Crippen LogP contribution in [0.15, 0.2) is 60.8 Å². The van der Waals surface area contributed by atoms with E-state index in [1.807, 2.05) is 24.3 Å². The van der Waals surface area contributed by atoms with E-state index < -0.39 is 6.72 Å². The second-order valence-corrected chi connectivity index (χ2v) is 9.41. The molecule has 0 radical (unpaired) electrons. The number of nitrogens with zero attached hydrogens (tertiary/aromatic N) is 1. The largest absolute Gasteiger partial charge is 0.503 e. The highest BCUT2D eigenvalue weighted by Gasteiger charge is 2.30. The summed E-state index contributed by atoms with van der Waals surface area (Å²) in [5, 5.41) is 10.1. The van der Waals surface area contributed by atoms with Gasteiger partial charge in [-0.25, -0.2) is 0 Å². The van der Waals surface area contributed by atoms with E-state index in [9.17, 15) is 10.00 Å². The molecule has 0 saturated heterocycles. The van der Waals surface area contributed by atoms with E-state index in [1.165, 1.54) is 19.4 Å². The topological polar surface area (TPSA) is 81.0 Å². The minimum Gasteiger partial charge on any atom is -0.503 e. The molecule has 8 heteroatoms. The molecule has 0 saturated carbocycles. The molecule has 0 aliphatic heterocycles. The summed E-state index contributed by atoms with van der Waals surface area (Å²) in [5.74, 6) is 0.0809. The lowest BCUT2D eigenvalue weighted by molar-refractivity contribution is 0.183. The number of benzene rings is 2. The third kappa shape index (κ3) is 4.06. The molecule has 3 aromatic rings. The Morgan fingerprint density at radius 2 is 1.62 bits per heavy atom. The van der Waals surface area contributed by atoms with Crippen LogP contribution in [0.3, 0.4) is 0 Å². The van der Waals surface area contributed by atoms with Crippen molar-refractivity contribution in [3.05, 3.63) is 77.6 Å². The summed E-state index contributed by atoms with van der Waals surface area (Å²) in [5.41, 5.74) is 4.81. The summed E-state index contributed by atoms with van der Waals surface area (Å²) in [7, 11) is 1.44. The van der Waals surface area contributed by atoms with Crippen LogP contribution in [0.25, 0.3) is 11.1 Å². The number of pyridine rings is 1. The molecule has 2 N–H and O–H groups in total. The third-order valence-corrected chi connectivity index (χ3v) is 6.48. The highest BCUT2D eigenvalue weighted by molar-refractivity contribution is 8.07. The van der Waals surface area contributed by atoms with Crippen molar-refractivity contribution in [3.8, 4) is 22.6 Å². The zero-order chi connectivity index (χ0) is 20.4. The molecule has 4 rings (SSSR count). The molecule has 150 valence electrons. The fraction of sp³-hybridized carbons (Fsp3) is 0.190. The van der Waals surface area contributed by atoms with Gasteiger partial charge in [-0.05, 0) is 34.1 Å². The van der Waals surface area contributed by atoms with E-state index >= 15 is 0 Å². The Balaban J connectivity index is 1.47. The van der Waals surface area contributed by atoms with Gasteiger partial charge in [0, 0.05) is 18.2 Å². The Morgan fingerprint density at radius 3 is 2.24 bits per heavy atom. The molecule has 0 amide bonds. The van der Waals surface area contributed by atoms with Crippen molar-refractivity contribution in [2.45, 2.75) is 12.5 Å². The lowest BCUT2D eigenvalue weighted by Crippen LogP contribution is -2.07. The van der Waals surface area contributed by atoms with E-state index in [0.29, 0.717) is 0 Å². The molecule has 1 aliphatic carbocycles. The van der Waals surface area contributed by atoms with Gasteiger partial charge in [0.2, 0.25) is 0 Å². The van der Waals surface area contributed by atoms with Crippen molar-refractivity contribution >= 4 is 18.5 Å². The van der Waals surface area contributed by atoms with Gasteiger partial charge >= 0.3 is 6.72 Å². The molecule has 0 fully saturated rings. The zero-order valence-corrected chi connectivity index (χ0v) is 17.4. The fourth-order valence-electron chi connectivity index (χ4n) is 3.54. The van der Waals surface area contributed by atoms with Gasteiger partial charge in [-0.2, -0.15) is 0 Å². The molecule has 29 heavy (non-hydrogen) atoms. The van der Waals surface area contributed by atoms with Crippen LogP contribution in [-0.4, -0.2) is 28.7 Å². The van der Waals surface area contributed by atoms with E-state index in [1.54, 1.807) is 0 Å². The molecular weight excluding hydrogens is 409 g/mol. The molecule has 1 aliphatic rings. The Labute approximate surface area is 174 Å². The van der Waals surface area contributed by atoms with Gasteiger partial charge in [0.25, 0.3) is 0 Å². The van der Waals surface area contributed by atoms with Crippen molar-refractivity contribution in [2.24, 2.45) is 0 Å². The minimum absolute atomic E-state index is 0.0381. The summed E-state index contributed by atoms with van der Waals surface area (Å²) in [6.07, 6.45) is 1.48. The van der Waals surface area contributed by atoms with Crippen LogP contribution >= 0.6 is 6.72 Å². The number of aromatic nitrogens is 1. The van der Waals surface area contributed by atoms with Gasteiger partial charge in [0.15, 0.2) is 11.5 Å². The van der Waals surface area contributed by atoms with Crippen LogP contribution in [0.1, 0.15) is 22.7 Å². The number of methoxy groups -OCH3 is 1. The van der Waals surface area contributed by atoms with E-state index in [2.05, 4.69) is 29.2 Å². The molecular formula is C21H20NO5PS. The molecule has 0 spiro atoms. The summed E-state index contributed by atoms with van der Waals surface area (Å²) in [4.78, 5) is 14.5. The van der Waals surface area contributed by atoms with Gasteiger partial charge in [-0.15, -0.1) is 0 Å². The average molecular weight is 429 g/mol. The van der Waals surface area contributed by atoms with Crippen LogP contribution in [0, 0.1) is 0 Å². The predicted molar refractivity (Wildman–Crippen MR) is 113 cm³/mol. The van der Waals surface area contributed by atoms with Crippen molar-refractivity contribution < 1.29 is 23.8 Å². The van der Waals surface area contributed by atoms with E-state index in [-0.39, 0.29) is 36.3 Å². The maximum atomic E-state index is 10.5. The number of rotatable bonds is 7. The van der Waals surface area contributed by atoms with Crippen molar-refractivity contribution in [2.75, 3.05) is 13.7 Å². The van der Waals surface area contributed by atoms with Crippen molar-refractivity contribution in [3.63, 3.8) is 0 Å². The minimum atomic E-state index is -3.54. The number of hydrogen-bond acceptors (Lipinski definition) is 6. The monoisotopic (exact) mass is 429 g/mol. The predicted octanol–water partition coefficient (Wildman–Crippen LogP) is 4.36. The average Bonchev–Trinajstić information content (AvgIpc) is 3.05. The van der Waals surface area contributed by atoms with E-state index in [0.717, 1.165) is 22.3 Å². The van der Waals surface area contributed by atoms with Gasteiger partial charge < -0.3 is 23.8 Å². The number of aromatic hydroxyl groups is 1. The molecule has 1 unspecified atom stereocenters. The van der Waals surface area contributed by atoms with Crippen LogP contribution in [0.5, 0.6) is 11.5 Å². The standard InChI is InChI=1S/C21H20NO5PS/c1-25-20-10-11-22-19(21(20)23)13-27-28(24,29)26-12-18-16-8-4-2-6-14(16)15-7-3-5-9-17(15)18/h2-11,18,23H,12-13H2,1H3,(H,24,29). The van der Waals surface area contributed by atoms with Gasteiger partial charge in [-0.3, -0.25) is 4.98 Å². The quantitative estimate of drug-likeness (QED) is 0.540. The smallest absolute Gasteiger partial charge is 0.324 e. The number of hydrogen-bond donors (Lipinski definition) is 2. The second kappa shape index (κ2) is 8.22. The Bertz CT molecular complexity index is 1040.